The highest BCUT2D eigenvalue weighted by molar-refractivity contribution is 5.86. The molecule has 70 valence electrons. The van der Waals surface area contributed by atoms with Gasteiger partial charge in [0.05, 0.1) is 5.56 Å². The number of rotatable bonds is 1. The van der Waals surface area contributed by atoms with Gasteiger partial charge in [-0.3, -0.25) is 4.68 Å². The van der Waals surface area contributed by atoms with Gasteiger partial charge in [0, 0.05) is 17.6 Å². The lowest BCUT2D eigenvalue weighted by molar-refractivity contribution is 0.647. The Labute approximate surface area is 82.6 Å². The maximum absolute atomic E-state index is 8.91. The summed E-state index contributed by atoms with van der Waals surface area (Å²) >= 11 is 0. The van der Waals surface area contributed by atoms with E-state index in [-0.39, 0.29) is 0 Å². The van der Waals surface area contributed by atoms with Crippen molar-refractivity contribution < 1.29 is 0 Å². The summed E-state index contributed by atoms with van der Waals surface area (Å²) in [5.41, 5.74) is 2.59. The normalized spacial score (nSPS) is 10.4. The maximum Gasteiger partial charge on any atom is 0.110 e. The van der Waals surface area contributed by atoms with Gasteiger partial charge in [0.25, 0.3) is 0 Å². The fourth-order valence-corrected chi connectivity index (χ4v) is 1.68. The molecule has 3 nitrogen and oxygen atoms in total. The van der Waals surface area contributed by atoms with E-state index in [0.29, 0.717) is 5.56 Å². The van der Waals surface area contributed by atoms with Gasteiger partial charge in [0.15, 0.2) is 0 Å². The number of aryl methyl sites for hydroxylation is 2. The topological polar surface area (TPSA) is 41.6 Å². The third kappa shape index (κ3) is 1.08. The molecule has 3 heteroatoms. The van der Waals surface area contributed by atoms with Crippen LogP contribution in [0, 0.1) is 18.3 Å². The standard InChI is InChI=1S/C11H11N3/c1-3-14-8(2)10-6-4-5-9(7-12)11(10)13-14/h4-6H,3H2,1-2H3. The van der Waals surface area contributed by atoms with E-state index in [1.54, 1.807) is 6.07 Å². The highest BCUT2D eigenvalue weighted by Gasteiger charge is 2.08. The summed E-state index contributed by atoms with van der Waals surface area (Å²) in [5, 5.41) is 14.4. The van der Waals surface area contributed by atoms with Gasteiger partial charge in [-0.2, -0.15) is 10.4 Å². The van der Waals surface area contributed by atoms with Gasteiger partial charge in [-0.25, -0.2) is 0 Å². The first-order chi connectivity index (χ1) is 6.77. The number of hydrogen-bond acceptors (Lipinski definition) is 2. The molecule has 0 fully saturated rings. The monoisotopic (exact) mass is 185 g/mol. The van der Waals surface area contributed by atoms with Crippen LogP contribution in [0.2, 0.25) is 0 Å². The first-order valence-electron chi connectivity index (χ1n) is 4.64. The third-order valence-electron chi connectivity index (χ3n) is 2.45. The average Bonchev–Trinajstić information content (AvgIpc) is 2.55. The lowest BCUT2D eigenvalue weighted by atomic mass is 10.1. The molecule has 0 amide bonds. The van der Waals surface area contributed by atoms with Crippen molar-refractivity contribution >= 4 is 10.9 Å². The molecule has 0 N–H and O–H groups in total. The van der Waals surface area contributed by atoms with Gasteiger partial charge >= 0.3 is 0 Å². The van der Waals surface area contributed by atoms with E-state index in [2.05, 4.69) is 11.2 Å². The molecule has 0 bridgehead atoms. The van der Waals surface area contributed by atoms with Crippen molar-refractivity contribution in [2.75, 3.05) is 0 Å². The van der Waals surface area contributed by atoms with E-state index in [1.807, 2.05) is 30.7 Å². The third-order valence-corrected chi connectivity index (χ3v) is 2.45. The number of benzene rings is 1. The van der Waals surface area contributed by atoms with Crippen LogP contribution in [0.4, 0.5) is 0 Å². The summed E-state index contributed by atoms with van der Waals surface area (Å²) in [6.07, 6.45) is 0. The molecule has 2 rings (SSSR count). The number of aromatic nitrogens is 2. The Morgan fingerprint density at radius 1 is 1.50 bits per heavy atom. The molecule has 0 aliphatic rings. The summed E-state index contributed by atoms with van der Waals surface area (Å²) in [5.74, 6) is 0. The van der Waals surface area contributed by atoms with Crippen molar-refractivity contribution in [3.05, 3.63) is 29.5 Å². The van der Waals surface area contributed by atoms with Crippen LogP contribution >= 0.6 is 0 Å². The number of nitrogens with zero attached hydrogens (tertiary/aromatic N) is 3. The molecule has 1 aromatic carbocycles. The Balaban J connectivity index is 2.85. The minimum absolute atomic E-state index is 0.651. The largest absolute Gasteiger partial charge is 0.269 e. The van der Waals surface area contributed by atoms with Crippen LogP contribution in [0.1, 0.15) is 18.2 Å². The van der Waals surface area contributed by atoms with Crippen LogP contribution in [0.5, 0.6) is 0 Å². The summed E-state index contributed by atoms with van der Waals surface area (Å²) in [6, 6.07) is 7.86. The molecule has 1 aromatic heterocycles. The summed E-state index contributed by atoms with van der Waals surface area (Å²) in [4.78, 5) is 0. The molecule has 0 radical (unpaired) electrons. The van der Waals surface area contributed by atoms with Gasteiger partial charge in [-0.05, 0) is 19.9 Å². The quantitative estimate of drug-likeness (QED) is 0.683. The zero-order valence-corrected chi connectivity index (χ0v) is 8.28. The Hall–Kier alpha value is -1.82. The van der Waals surface area contributed by atoms with Crippen molar-refractivity contribution in [1.82, 2.24) is 9.78 Å². The van der Waals surface area contributed by atoms with Gasteiger partial charge in [0.1, 0.15) is 11.6 Å². The molecule has 0 saturated heterocycles. The molecular formula is C11H11N3. The van der Waals surface area contributed by atoms with Crippen molar-refractivity contribution in [1.29, 1.82) is 5.26 Å². The summed E-state index contributed by atoms with van der Waals surface area (Å²) in [6.45, 7) is 4.91. The van der Waals surface area contributed by atoms with E-state index < -0.39 is 0 Å². The predicted molar refractivity (Wildman–Crippen MR) is 54.9 cm³/mol. The molecule has 1 heterocycles. The molecule has 0 aliphatic heterocycles. The number of nitriles is 1. The second-order valence-corrected chi connectivity index (χ2v) is 3.21. The highest BCUT2D eigenvalue weighted by atomic mass is 15.3. The predicted octanol–water partition coefficient (Wildman–Crippen LogP) is 2.24. The Bertz CT molecular complexity index is 517. The fraction of sp³-hybridized carbons (Fsp3) is 0.273. The fourth-order valence-electron chi connectivity index (χ4n) is 1.68. The number of fused-ring (bicyclic) bond motifs is 1. The SMILES string of the molecule is CCn1nc2c(C#N)cccc2c1C. The molecule has 0 spiro atoms. The van der Waals surface area contributed by atoms with Crippen LogP contribution in [-0.2, 0) is 6.54 Å². The van der Waals surface area contributed by atoms with Crippen LogP contribution in [0.3, 0.4) is 0 Å². The maximum atomic E-state index is 8.91. The second-order valence-electron chi connectivity index (χ2n) is 3.21. The zero-order chi connectivity index (χ0) is 10.1. The first kappa shape index (κ1) is 8.76. The zero-order valence-electron chi connectivity index (χ0n) is 8.28. The van der Waals surface area contributed by atoms with E-state index in [1.165, 1.54) is 0 Å². The van der Waals surface area contributed by atoms with Crippen molar-refractivity contribution in [2.24, 2.45) is 0 Å². The highest BCUT2D eigenvalue weighted by Crippen LogP contribution is 2.20. The lowest BCUT2D eigenvalue weighted by Crippen LogP contribution is -1.97. The van der Waals surface area contributed by atoms with Gasteiger partial charge in [-0.1, -0.05) is 12.1 Å². The second kappa shape index (κ2) is 3.15. The molecule has 0 unspecified atom stereocenters. The van der Waals surface area contributed by atoms with Crippen LogP contribution in [-0.4, -0.2) is 9.78 Å². The molecule has 14 heavy (non-hydrogen) atoms. The van der Waals surface area contributed by atoms with E-state index in [0.717, 1.165) is 23.1 Å². The Morgan fingerprint density at radius 3 is 2.93 bits per heavy atom. The van der Waals surface area contributed by atoms with E-state index in [9.17, 15) is 0 Å². The van der Waals surface area contributed by atoms with Crippen LogP contribution in [0.25, 0.3) is 10.9 Å². The van der Waals surface area contributed by atoms with E-state index >= 15 is 0 Å². The smallest absolute Gasteiger partial charge is 0.110 e. The molecule has 2 aromatic rings. The average molecular weight is 185 g/mol. The minimum atomic E-state index is 0.651. The molecular weight excluding hydrogens is 174 g/mol. The molecule has 0 atom stereocenters. The number of hydrogen-bond donors (Lipinski definition) is 0. The van der Waals surface area contributed by atoms with E-state index in [4.69, 9.17) is 5.26 Å². The molecule has 0 aliphatic carbocycles. The summed E-state index contributed by atoms with van der Waals surface area (Å²) < 4.78 is 1.92. The van der Waals surface area contributed by atoms with Gasteiger partial charge in [0.2, 0.25) is 0 Å². The summed E-state index contributed by atoms with van der Waals surface area (Å²) in [7, 11) is 0. The van der Waals surface area contributed by atoms with Crippen LogP contribution < -0.4 is 0 Å². The Kier molecular flexibility index (Phi) is 1.97. The van der Waals surface area contributed by atoms with Gasteiger partial charge in [-0.15, -0.1) is 0 Å². The van der Waals surface area contributed by atoms with Gasteiger partial charge < -0.3 is 0 Å². The van der Waals surface area contributed by atoms with Crippen LogP contribution in [0.15, 0.2) is 18.2 Å². The first-order valence-corrected chi connectivity index (χ1v) is 4.64. The minimum Gasteiger partial charge on any atom is -0.269 e. The Morgan fingerprint density at radius 2 is 2.29 bits per heavy atom. The lowest BCUT2D eigenvalue weighted by Gasteiger charge is -1.96. The molecule has 0 saturated carbocycles. The van der Waals surface area contributed by atoms with Crippen molar-refractivity contribution in [3.63, 3.8) is 0 Å². The van der Waals surface area contributed by atoms with Crippen molar-refractivity contribution in [2.45, 2.75) is 20.4 Å². The van der Waals surface area contributed by atoms with Crippen molar-refractivity contribution in [3.8, 4) is 6.07 Å².